The summed E-state index contributed by atoms with van der Waals surface area (Å²) in [6, 6.07) is 9.35. The fraction of sp³-hybridized carbons (Fsp3) is 0.233. The molecule has 0 saturated carbocycles. The molecule has 1 N–H and O–H groups in total. The van der Waals surface area contributed by atoms with Crippen molar-refractivity contribution in [3.63, 3.8) is 0 Å². The van der Waals surface area contributed by atoms with Gasteiger partial charge in [-0.15, -0.1) is 21.5 Å². The molecule has 5 rings (SSSR count). The Morgan fingerprint density at radius 3 is 2.61 bits per heavy atom. The van der Waals surface area contributed by atoms with E-state index >= 15 is 0 Å². The van der Waals surface area contributed by atoms with Crippen LogP contribution in [0.3, 0.4) is 0 Å². The maximum Gasteiger partial charge on any atom is 0.296 e. The minimum Gasteiger partial charge on any atom is -0.503 e. The molecular formula is C30H26Cl2N4O5S3. The zero-order chi connectivity index (χ0) is 31.5. The zero-order valence-electron chi connectivity index (χ0n) is 23.8. The maximum absolute atomic E-state index is 14.0. The summed E-state index contributed by atoms with van der Waals surface area (Å²) in [7, 11) is 0. The number of aromatic nitrogens is 3. The fourth-order valence-corrected chi connectivity index (χ4v) is 7.88. The number of nitrogens with zero attached hydrogens (tertiary/aromatic N) is 4. The van der Waals surface area contributed by atoms with E-state index in [4.69, 9.17) is 32.7 Å². The summed E-state index contributed by atoms with van der Waals surface area (Å²) in [4.78, 5) is 33.7. The average molecular weight is 690 g/mol. The number of Topliss-reactive ketones (excluding diaryl/α,β-unsaturated/α-hetero) is 1. The van der Waals surface area contributed by atoms with Crippen molar-refractivity contribution < 1.29 is 24.2 Å². The van der Waals surface area contributed by atoms with Crippen molar-refractivity contribution >= 4 is 74.5 Å². The fourth-order valence-electron chi connectivity index (χ4n) is 4.58. The number of halogens is 2. The lowest BCUT2D eigenvalue weighted by Crippen LogP contribution is -2.31. The molecule has 9 nitrogen and oxygen atoms in total. The molecule has 0 bridgehead atoms. The number of carbonyl (C=O) groups is 2. The molecule has 2 aromatic carbocycles. The number of hydrogen-bond acceptors (Lipinski definition) is 11. The number of aliphatic hydroxyl groups excluding tert-OH is 1. The second kappa shape index (κ2) is 13.7. The number of benzene rings is 2. The maximum atomic E-state index is 14.0. The second-order valence-corrected chi connectivity index (χ2v) is 13.7. The van der Waals surface area contributed by atoms with Crippen LogP contribution in [-0.2, 0) is 10.5 Å². The SMILES string of the molecule is C=CCOc1ccc(C2C(C(=O)c3sc(C)nc3C)=C(O)C(=O)N2c2nnc(SCc3ccc(Cl)cc3Cl)s2)cc1OCC. The van der Waals surface area contributed by atoms with Gasteiger partial charge in [-0.2, -0.15) is 0 Å². The molecule has 2 aromatic heterocycles. The largest absolute Gasteiger partial charge is 0.503 e. The lowest BCUT2D eigenvalue weighted by Gasteiger charge is -2.25. The number of anilines is 1. The number of thioether (sulfide) groups is 1. The Balaban J connectivity index is 1.55. The molecule has 3 heterocycles. The predicted octanol–water partition coefficient (Wildman–Crippen LogP) is 7.96. The highest BCUT2D eigenvalue weighted by Crippen LogP contribution is 2.46. The number of hydrogen-bond donors (Lipinski definition) is 1. The Kier molecular flexibility index (Phi) is 9.96. The van der Waals surface area contributed by atoms with Crippen LogP contribution >= 0.6 is 57.6 Å². The summed E-state index contributed by atoms with van der Waals surface area (Å²) in [5, 5.41) is 21.7. The molecule has 0 spiro atoms. The van der Waals surface area contributed by atoms with Gasteiger partial charge in [-0.25, -0.2) is 4.98 Å². The molecule has 1 aliphatic heterocycles. The summed E-state index contributed by atoms with van der Waals surface area (Å²) in [6.07, 6.45) is 1.61. The molecule has 1 amide bonds. The van der Waals surface area contributed by atoms with Gasteiger partial charge in [0.05, 0.1) is 33.8 Å². The molecule has 4 aromatic rings. The van der Waals surface area contributed by atoms with E-state index in [2.05, 4.69) is 21.8 Å². The van der Waals surface area contributed by atoms with Crippen molar-refractivity contribution in [3.05, 3.63) is 97.1 Å². The molecule has 228 valence electrons. The molecule has 0 aliphatic carbocycles. The number of aliphatic hydroxyl groups is 1. The van der Waals surface area contributed by atoms with Gasteiger partial charge in [-0.05, 0) is 56.2 Å². The van der Waals surface area contributed by atoms with Crippen molar-refractivity contribution in [2.75, 3.05) is 18.1 Å². The standard InChI is InChI=1S/C30H26Cl2N4O5S3/c1-5-11-41-21-10-8-17(12-22(21)40-6-2)24-23(25(37)27-15(3)33-16(4)43-27)26(38)28(39)36(24)29-34-35-30(44-29)42-14-18-7-9-19(31)13-20(18)32/h5,7-10,12-13,24,38H,1,6,11,14H2,2-4H3. The van der Waals surface area contributed by atoms with Crippen LogP contribution in [0, 0.1) is 13.8 Å². The number of aryl methyl sites for hydroxylation is 2. The number of rotatable bonds is 12. The van der Waals surface area contributed by atoms with Gasteiger partial charge in [0.15, 0.2) is 21.6 Å². The van der Waals surface area contributed by atoms with Crippen molar-refractivity contribution in [1.82, 2.24) is 15.2 Å². The lowest BCUT2D eigenvalue weighted by molar-refractivity contribution is -0.117. The van der Waals surface area contributed by atoms with Gasteiger partial charge in [-0.3, -0.25) is 14.5 Å². The first-order valence-corrected chi connectivity index (χ1v) is 16.7. The van der Waals surface area contributed by atoms with Gasteiger partial charge < -0.3 is 14.6 Å². The van der Waals surface area contributed by atoms with E-state index in [1.165, 1.54) is 28.0 Å². The monoisotopic (exact) mass is 688 g/mol. The third kappa shape index (κ3) is 6.50. The number of carbonyl (C=O) groups excluding carboxylic acids is 2. The second-order valence-electron chi connectivity index (χ2n) is 9.43. The summed E-state index contributed by atoms with van der Waals surface area (Å²) in [5.41, 5.74) is 1.80. The summed E-state index contributed by atoms with van der Waals surface area (Å²) in [5.74, 6) is -0.549. The Morgan fingerprint density at radius 2 is 1.93 bits per heavy atom. The van der Waals surface area contributed by atoms with Gasteiger partial charge in [0.1, 0.15) is 6.61 Å². The number of thiazole rings is 1. The summed E-state index contributed by atoms with van der Waals surface area (Å²) >= 11 is 16.1. The molecule has 44 heavy (non-hydrogen) atoms. The molecule has 0 saturated heterocycles. The van der Waals surface area contributed by atoms with E-state index in [0.717, 1.165) is 16.9 Å². The van der Waals surface area contributed by atoms with Gasteiger partial charge in [0.25, 0.3) is 5.91 Å². The first-order chi connectivity index (χ1) is 21.1. The lowest BCUT2D eigenvalue weighted by atomic mass is 9.95. The van der Waals surface area contributed by atoms with Gasteiger partial charge >= 0.3 is 0 Å². The van der Waals surface area contributed by atoms with E-state index in [9.17, 15) is 14.7 Å². The van der Waals surface area contributed by atoms with E-state index in [1.54, 1.807) is 50.3 Å². The van der Waals surface area contributed by atoms with E-state index in [0.29, 0.717) is 59.4 Å². The highest BCUT2D eigenvalue weighted by atomic mass is 35.5. The summed E-state index contributed by atoms with van der Waals surface area (Å²) < 4.78 is 12.2. The normalized spacial score (nSPS) is 14.8. The van der Waals surface area contributed by atoms with E-state index < -0.39 is 23.5 Å². The van der Waals surface area contributed by atoms with E-state index in [1.807, 2.05) is 13.0 Å². The van der Waals surface area contributed by atoms with Gasteiger partial charge in [0, 0.05) is 15.8 Å². The highest BCUT2D eigenvalue weighted by Gasteiger charge is 2.47. The van der Waals surface area contributed by atoms with Gasteiger partial charge in [0.2, 0.25) is 10.9 Å². The number of ether oxygens (including phenoxy) is 2. The van der Waals surface area contributed by atoms with Crippen molar-refractivity contribution in [1.29, 1.82) is 0 Å². The van der Waals surface area contributed by atoms with Crippen LogP contribution < -0.4 is 14.4 Å². The van der Waals surface area contributed by atoms with Crippen LogP contribution in [0.4, 0.5) is 5.13 Å². The topological polar surface area (TPSA) is 115 Å². The van der Waals surface area contributed by atoms with Crippen molar-refractivity contribution in [3.8, 4) is 11.5 Å². The first kappa shape index (κ1) is 32.0. The smallest absolute Gasteiger partial charge is 0.296 e. The molecular weight excluding hydrogens is 663 g/mol. The van der Waals surface area contributed by atoms with Crippen LogP contribution in [-0.4, -0.2) is 45.2 Å². The minimum atomic E-state index is -1.03. The van der Waals surface area contributed by atoms with Crippen LogP contribution in [0.2, 0.25) is 10.0 Å². The molecule has 1 atom stereocenters. The molecule has 1 aliphatic rings. The minimum absolute atomic E-state index is 0.0821. The van der Waals surface area contributed by atoms with E-state index in [-0.39, 0.29) is 17.3 Å². The Hall–Kier alpha value is -3.42. The third-order valence-electron chi connectivity index (χ3n) is 6.47. The van der Waals surface area contributed by atoms with Crippen molar-refractivity contribution in [2.24, 2.45) is 0 Å². The Bertz CT molecular complexity index is 1790. The quantitative estimate of drug-likeness (QED) is 0.0685. The highest BCUT2D eigenvalue weighted by molar-refractivity contribution is 8.00. The summed E-state index contributed by atoms with van der Waals surface area (Å²) in [6.45, 7) is 9.64. The molecule has 14 heteroatoms. The number of amides is 1. The van der Waals surface area contributed by atoms with Crippen LogP contribution in [0.1, 0.15) is 44.5 Å². The zero-order valence-corrected chi connectivity index (χ0v) is 27.8. The Labute approximate surface area is 276 Å². The first-order valence-electron chi connectivity index (χ1n) is 13.3. The third-order valence-corrected chi connectivity index (χ3v) is 10.2. The molecule has 0 radical (unpaired) electrons. The number of ketones is 1. The van der Waals surface area contributed by atoms with Gasteiger partial charge in [-0.1, -0.05) is 71.1 Å². The Morgan fingerprint density at radius 1 is 1.14 bits per heavy atom. The van der Waals surface area contributed by atoms with Crippen molar-refractivity contribution in [2.45, 2.75) is 36.9 Å². The molecule has 1 unspecified atom stereocenters. The molecule has 0 fully saturated rings. The van der Waals surface area contributed by atoms with Crippen LogP contribution in [0.25, 0.3) is 0 Å². The predicted molar refractivity (Wildman–Crippen MR) is 175 cm³/mol. The van der Waals surface area contributed by atoms with Crippen LogP contribution in [0.15, 0.2) is 64.7 Å². The average Bonchev–Trinajstić information content (AvgIpc) is 3.67. The van der Waals surface area contributed by atoms with Crippen LogP contribution in [0.5, 0.6) is 11.5 Å².